The molecule has 5 nitrogen and oxygen atoms in total. The second-order valence-electron chi connectivity index (χ2n) is 8.75. The van der Waals surface area contributed by atoms with Crippen molar-refractivity contribution in [3.63, 3.8) is 0 Å². The molecular weight excluding hydrogens is 372 g/mol. The fourth-order valence-corrected chi connectivity index (χ4v) is 3.88. The number of nitrogens with zero attached hydrogens (tertiary/aromatic N) is 2. The molecule has 0 aromatic heterocycles. The van der Waals surface area contributed by atoms with Crippen LogP contribution in [0.5, 0.6) is 0 Å². The summed E-state index contributed by atoms with van der Waals surface area (Å²) in [5.41, 5.74) is 1.41. The summed E-state index contributed by atoms with van der Waals surface area (Å²) in [6.45, 7) is 10.7. The van der Waals surface area contributed by atoms with Gasteiger partial charge in [-0.25, -0.2) is 0 Å². The van der Waals surface area contributed by atoms with Crippen LogP contribution in [-0.2, 0) is 11.2 Å². The number of aliphatic imine (C=N–C) groups is 1. The van der Waals surface area contributed by atoms with Crippen molar-refractivity contribution in [1.29, 1.82) is 0 Å². The third kappa shape index (κ3) is 6.94. The summed E-state index contributed by atoms with van der Waals surface area (Å²) in [6.07, 6.45) is 3.01. The molecule has 1 fully saturated rings. The number of likely N-dealkylation sites (N-methyl/N-ethyl adjacent to an activating group) is 1. The minimum absolute atomic E-state index is 0.0466. The van der Waals surface area contributed by atoms with Gasteiger partial charge in [-0.05, 0) is 63.4 Å². The van der Waals surface area contributed by atoms with Crippen LogP contribution < -0.4 is 10.6 Å². The van der Waals surface area contributed by atoms with Crippen LogP contribution in [0.25, 0.3) is 0 Å². The standard InChI is InChI=1S/C22H37ClN4O/c1-6-24-20(26-17-22(27(4)5)10-12-28-13-11-22)25-16-21(2,3)15-18-8-7-9-19(23)14-18/h7-9,14H,6,10-13,15-17H2,1-5H3,(H2,24,25,26). The van der Waals surface area contributed by atoms with E-state index in [1.165, 1.54) is 5.56 Å². The van der Waals surface area contributed by atoms with Gasteiger partial charge in [0.25, 0.3) is 0 Å². The molecule has 2 N–H and O–H groups in total. The maximum absolute atomic E-state index is 6.14. The van der Waals surface area contributed by atoms with E-state index in [-0.39, 0.29) is 11.0 Å². The predicted molar refractivity (Wildman–Crippen MR) is 119 cm³/mol. The Labute approximate surface area is 175 Å². The molecule has 1 aliphatic heterocycles. The molecule has 0 aliphatic carbocycles. The lowest BCUT2D eigenvalue weighted by atomic mass is 9.86. The van der Waals surface area contributed by atoms with E-state index in [9.17, 15) is 0 Å². The highest BCUT2D eigenvalue weighted by atomic mass is 35.5. The average molecular weight is 409 g/mol. The molecule has 0 radical (unpaired) electrons. The van der Waals surface area contributed by atoms with Gasteiger partial charge >= 0.3 is 0 Å². The van der Waals surface area contributed by atoms with Crippen LogP contribution in [0.15, 0.2) is 29.3 Å². The zero-order valence-corrected chi connectivity index (χ0v) is 18.9. The first-order valence-corrected chi connectivity index (χ1v) is 10.7. The van der Waals surface area contributed by atoms with E-state index in [1.54, 1.807) is 0 Å². The highest BCUT2D eigenvalue weighted by molar-refractivity contribution is 6.30. The lowest BCUT2D eigenvalue weighted by molar-refractivity contribution is -0.00501. The lowest BCUT2D eigenvalue weighted by Gasteiger charge is -2.43. The SMILES string of the molecule is CCNC(=NCC(C)(C)Cc1cccc(Cl)c1)NCC1(N(C)C)CCOCC1. The second-order valence-corrected chi connectivity index (χ2v) is 9.19. The van der Waals surface area contributed by atoms with Gasteiger partial charge in [-0.2, -0.15) is 0 Å². The molecule has 0 saturated carbocycles. The molecule has 0 amide bonds. The fourth-order valence-electron chi connectivity index (χ4n) is 3.67. The van der Waals surface area contributed by atoms with Crippen molar-refractivity contribution in [3.05, 3.63) is 34.9 Å². The molecule has 2 rings (SSSR count). The van der Waals surface area contributed by atoms with Crippen LogP contribution in [0.1, 0.15) is 39.2 Å². The van der Waals surface area contributed by atoms with Crippen molar-refractivity contribution >= 4 is 17.6 Å². The quantitative estimate of drug-likeness (QED) is 0.510. The highest BCUT2D eigenvalue weighted by Gasteiger charge is 2.34. The number of hydrogen-bond donors (Lipinski definition) is 2. The Kier molecular flexibility index (Phi) is 8.59. The van der Waals surface area contributed by atoms with Gasteiger partial charge in [-0.15, -0.1) is 0 Å². The smallest absolute Gasteiger partial charge is 0.191 e. The summed E-state index contributed by atoms with van der Waals surface area (Å²) in [5.74, 6) is 0.884. The molecule has 1 aromatic carbocycles. The molecule has 0 bridgehead atoms. The Hall–Kier alpha value is -1.30. The van der Waals surface area contributed by atoms with Gasteiger partial charge in [-0.3, -0.25) is 4.99 Å². The molecule has 158 valence electrons. The number of guanidine groups is 1. The van der Waals surface area contributed by atoms with Crippen LogP contribution in [0.3, 0.4) is 0 Å². The first-order chi connectivity index (χ1) is 13.3. The van der Waals surface area contributed by atoms with Crippen molar-refractivity contribution in [2.45, 2.75) is 45.6 Å². The Morgan fingerprint density at radius 1 is 1.25 bits per heavy atom. The molecule has 0 unspecified atom stereocenters. The molecule has 0 spiro atoms. The third-order valence-corrected chi connectivity index (χ3v) is 5.77. The highest BCUT2D eigenvalue weighted by Crippen LogP contribution is 2.26. The normalized spacial score (nSPS) is 17.6. The molecule has 6 heteroatoms. The van der Waals surface area contributed by atoms with Crippen LogP contribution in [-0.4, -0.2) is 63.3 Å². The predicted octanol–water partition coefficient (Wildman–Crippen LogP) is 3.57. The molecule has 1 saturated heterocycles. The largest absolute Gasteiger partial charge is 0.381 e. The number of ether oxygens (including phenoxy) is 1. The number of benzene rings is 1. The summed E-state index contributed by atoms with van der Waals surface area (Å²) in [5, 5.41) is 7.76. The Balaban J connectivity index is 2.00. The van der Waals surface area contributed by atoms with Crippen molar-refractivity contribution in [2.75, 3.05) is 46.9 Å². The van der Waals surface area contributed by atoms with Gasteiger partial charge in [0, 0.05) is 43.4 Å². The van der Waals surface area contributed by atoms with Gasteiger partial charge in [-0.1, -0.05) is 37.6 Å². The van der Waals surface area contributed by atoms with Gasteiger partial charge in [0.2, 0.25) is 0 Å². The Morgan fingerprint density at radius 2 is 1.96 bits per heavy atom. The topological polar surface area (TPSA) is 48.9 Å². The average Bonchev–Trinajstić information content (AvgIpc) is 2.64. The zero-order valence-electron chi connectivity index (χ0n) is 18.1. The summed E-state index contributed by atoms with van der Waals surface area (Å²) >= 11 is 6.14. The van der Waals surface area contributed by atoms with Gasteiger partial charge in [0.1, 0.15) is 0 Å². The fraction of sp³-hybridized carbons (Fsp3) is 0.682. The number of nitrogens with one attached hydrogen (secondary N) is 2. The molecular formula is C22H37ClN4O. The third-order valence-electron chi connectivity index (χ3n) is 5.54. The number of halogens is 1. The minimum atomic E-state index is 0.0466. The number of hydrogen-bond acceptors (Lipinski definition) is 3. The molecule has 1 aliphatic rings. The van der Waals surface area contributed by atoms with E-state index in [0.29, 0.717) is 0 Å². The lowest BCUT2D eigenvalue weighted by Crippen LogP contribution is -2.57. The van der Waals surface area contributed by atoms with Crippen molar-refractivity contribution in [2.24, 2.45) is 10.4 Å². The van der Waals surface area contributed by atoms with Gasteiger partial charge in [0.15, 0.2) is 5.96 Å². The minimum Gasteiger partial charge on any atom is -0.381 e. The van der Waals surface area contributed by atoms with E-state index in [0.717, 1.165) is 63.1 Å². The monoisotopic (exact) mass is 408 g/mol. The van der Waals surface area contributed by atoms with E-state index in [1.807, 2.05) is 18.2 Å². The molecule has 1 aromatic rings. The maximum atomic E-state index is 6.14. The van der Waals surface area contributed by atoms with Crippen LogP contribution in [0, 0.1) is 5.41 Å². The number of rotatable bonds is 8. The van der Waals surface area contributed by atoms with E-state index in [4.69, 9.17) is 21.3 Å². The summed E-state index contributed by atoms with van der Waals surface area (Å²) in [7, 11) is 4.32. The van der Waals surface area contributed by atoms with E-state index >= 15 is 0 Å². The van der Waals surface area contributed by atoms with Gasteiger partial charge in [0.05, 0.1) is 0 Å². The van der Waals surface area contributed by atoms with Crippen molar-refractivity contribution in [3.8, 4) is 0 Å². The van der Waals surface area contributed by atoms with Crippen LogP contribution in [0.2, 0.25) is 5.02 Å². The van der Waals surface area contributed by atoms with Gasteiger partial charge < -0.3 is 20.3 Å². The summed E-state index contributed by atoms with van der Waals surface area (Å²) in [4.78, 5) is 7.22. The molecule has 0 atom stereocenters. The first kappa shape index (κ1) is 23.0. The Bertz CT molecular complexity index is 639. The first-order valence-electron chi connectivity index (χ1n) is 10.3. The van der Waals surface area contributed by atoms with Crippen molar-refractivity contribution < 1.29 is 4.74 Å². The van der Waals surface area contributed by atoms with Crippen LogP contribution in [0.4, 0.5) is 0 Å². The van der Waals surface area contributed by atoms with E-state index < -0.39 is 0 Å². The summed E-state index contributed by atoms with van der Waals surface area (Å²) in [6, 6.07) is 8.10. The molecule has 28 heavy (non-hydrogen) atoms. The van der Waals surface area contributed by atoms with E-state index in [2.05, 4.69) is 56.5 Å². The zero-order chi connectivity index (χ0) is 20.6. The van der Waals surface area contributed by atoms with Crippen molar-refractivity contribution in [1.82, 2.24) is 15.5 Å². The molecule has 1 heterocycles. The summed E-state index contributed by atoms with van der Waals surface area (Å²) < 4.78 is 5.58. The Morgan fingerprint density at radius 3 is 2.57 bits per heavy atom. The van der Waals surface area contributed by atoms with Crippen LogP contribution >= 0.6 is 11.6 Å². The second kappa shape index (κ2) is 10.5. The maximum Gasteiger partial charge on any atom is 0.191 e.